The Hall–Kier alpha value is -2.21. The van der Waals surface area contributed by atoms with E-state index in [1.807, 2.05) is 16.7 Å². The van der Waals surface area contributed by atoms with Gasteiger partial charge < -0.3 is 21.5 Å². The molecule has 5 heterocycles. The molecule has 3 unspecified atom stereocenters. The van der Waals surface area contributed by atoms with Crippen LogP contribution in [0.1, 0.15) is 43.7 Å². The van der Waals surface area contributed by atoms with Gasteiger partial charge >= 0.3 is 0 Å². The Labute approximate surface area is 226 Å². The van der Waals surface area contributed by atoms with Crippen LogP contribution in [-0.4, -0.2) is 78.6 Å². The molecule has 3 aromatic rings. The SMILES string of the molecule is CC1CC12CN(c1nc(N)c(C(N)O)nc1Cl)CCN2C1CCN(Cc2ccc(Cl)n3ccnc23)CC1. The van der Waals surface area contributed by atoms with Gasteiger partial charge in [-0.3, -0.25) is 14.2 Å². The largest absolute Gasteiger partial charge is 0.382 e. The first kappa shape index (κ1) is 25.1. The number of fused-ring (bicyclic) bond motifs is 1. The van der Waals surface area contributed by atoms with Crippen LogP contribution in [0.3, 0.4) is 0 Å². The van der Waals surface area contributed by atoms with E-state index in [1.54, 1.807) is 6.20 Å². The fourth-order valence-electron chi connectivity index (χ4n) is 6.41. The molecule has 3 aromatic heterocycles. The van der Waals surface area contributed by atoms with Crippen molar-refractivity contribution in [1.82, 2.24) is 29.2 Å². The quantitative estimate of drug-likeness (QED) is 0.327. The van der Waals surface area contributed by atoms with Gasteiger partial charge in [-0.05, 0) is 44.3 Å². The Bertz CT molecular complexity index is 1310. The van der Waals surface area contributed by atoms with Gasteiger partial charge in [-0.25, -0.2) is 15.0 Å². The lowest BCUT2D eigenvalue weighted by atomic mass is 9.96. The van der Waals surface area contributed by atoms with Crippen LogP contribution < -0.4 is 16.4 Å². The Morgan fingerprint density at radius 1 is 1.16 bits per heavy atom. The molecule has 12 heteroatoms. The number of nitrogen functional groups attached to an aromatic ring is 1. The van der Waals surface area contributed by atoms with Crippen molar-refractivity contribution in [2.75, 3.05) is 43.4 Å². The monoisotopic (exact) mass is 545 g/mol. The predicted octanol–water partition coefficient (Wildman–Crippen LogP) is 2.53. The van der Waals surface area contributed by atoms with E-state index in [0.29, 0.717) is 22.9 Å². The standard InChI is InChI=1S/C25H33Cl2N9O/c1-15-12-25(15)14-34(24-20(27)31-19(22(29)37)21(28)32-24)10-11-36(25)17-4-7-33(8-5-17)13-16-2-3-18(26)35-9-6-30-23(16)35/h2-3,6,9,15,17,22,37H,4-5,7-8,10-14,29H2,1H3,(H2,28,32). The Kier molecular flexibility index (Phi) is 6.45. The van der Waals surface area contributed by atoms with Crippen molar-refractivity contribution in [1.29, 1.82) is 0 Å². The maximum Gasteiger partial charge on any atom is 0.172 e. The molecule has 3 atom stereocenters. The Morgan fingerprint density at radius 2 is 1.92 bits per heavy atom. The third kappa shape index (κ3) is 4.43. The van der Waals surface area contributed by atoms with Crippen LogP contribution in [0.15, 0.2) is 24.5 Å². The van der Waals surface area contributed by atoms with Crippen LogP contribution in [-0.2, 0) is 6.54 Å². The topological polar surface area (TPSA) is 125 Å². The Balaban J connectivity index is 1.12. The lowest BCUT2D eigenvalue weighted by Gasteiger charge is -2.49. The van der Waals surface area contributed by atoms with Crippen LogP contribution >= 0.6 is 23.2 Å². The molecule has 3 fully saturated rings. The average molecular weight is 547 g/mol. The van der Waals surface area contributed by atoms with E-state index in [4.69, 9.17) is 34.7 Å². The molecule has 2 saturated heterocycles. The molecule has 1 aliphatic carbocycles. The summed E-state index contributed by atoms with van der Waals surface area (Å²) in [6.07, 6.45) is 5.85. The molecule has 6 rings (SSSR count). The number of hydrogen-bond donors (Lipinski definition) is 3. The normalized spacial score (nSPS) is 26.3. The van der Waals surface area contributed by atoms with Gasteiger partial charge in [-0.2, -0.15) is 0 Å². The fraction of sp³-hybridized carbons (Fsp3) is 0.560. The second kappa shape index (κ2) is 9.52. The summed E-state index contributed by atoms with van der Waals surface area (Å²) in [5.74, 6) is 1.30. The van der Waals surface area contributed by atoms with Gasteiger partial charge in [0.1, 0.15) is 22.7 Å². The number of pyridine rings is 1. The number of likely N-dealkylation sites (tertiary alicyclic amines) is 1. The molecule has 1 spiro atoms. The minimum Gasteiger partial charge on any atom is -0.382 e. The number of anilines is 2. The van der Waals surface area contributed by atoms with Gasteiger partial charge in [0, 0.05) is 55.7 Å². The zero-order valence-electron chi connectivity index (χ0n) is 20.9. The lowest BCUT2D eigenvalue weighted by molar-refractivity contribution is 0.0453. The molecule has 0 amide bonds. The molecule has 5 N–H and O–H groups in total. The minimum atomic E-state index is -1.30. The van der Waals surface area contributed by atoms with E-state index in [9.17, 15) is 5.11 Å². The Morgan fingerprint density at radius 3 is 2.62 bits per heavy atom. The van der Waals surface area contributed by atoms with E-state index in [-0.39, 0.29) is 22.2 Å². The third-order valence-electron chi connectivity index (χ3n) is 8.51. The number of nitrogens with two attached hydrogens (primary N) is 2. The molecule has 0 bridgehead atoms. The maximum absolute atomic E-state index is 9.69. The van der Waals surface area contributed by atoms with Gasteiger partial charge in [0.25, 0.3) is 0 Å². The van der Waals surface area contributed by atoms with Crippen molar-refractivity contribution in [3.05, 3.63) is 46.1 Å². The molecule has 0 radical (unpaired) electrons. The van der Waals surface area contributed by atoms with Gasteiger partial charge in [-0.1, -0.05) is 36.2 Å². The van der Waals surface area contributed by atoms with Crippen molar-refractivity contribution in [3.8, 4) is 0 Å². The molecule has 37 heavy (non-hydrogen) atoms. The molecule has 2 aliphatic heterocycles. The van der Waals surface area contributed by atoms with Crippen molar-refractivity contribution in [2.45, 2.75) is 50.5 Å². The fourth-order valence-corrected chi connectivity index (χ4v) is 6.86. The number of rotatable bonds is 5. The van der Waals surface area contributed by atoms with Crippen molar-refractivity contribution < 1.29 is 5.11 Å². The van der Waals surface area contributed by atoms with Crippen molar-refractivity contribution in [3.63, 3.8) is 0 Å². The first-order valence-electron chi connectivity index (χ1n) is 12.9. The summed E-state index contributed by atoms with van der Waals surface area (Å²) < 4.78 is 1.94. The number of aliphatic hydroxyl groups is 1. The number of aromatic nitrogens is 4. The number of piperazine rings is 1. The zero-order chi connectivity index (χ0) is 25.9. The highest BCUT2D eigenvalue weighted by molar-refractivity contribution is 6.31. The van der Waals surface area contributed by atoms with Crippen LogP contribution in [0.5, 0.6) is 0 Å². The molecule has 1 saturated carbocycles. The van der Waals surface area contributed by atoms with Gasteiger partial charge in [0.15, 0.2) is 16.8 Å². The lowest BCUT2D eigenvalue weighted by Crippen LogP contribution is -2.61. The highest BCUT2D eigenvalue weighted by atomic mass is 35.5. The summed E-state index contributed by atoms with van der Waals surface area (Å²) in [4.78, 5) is 20.7. The van der Waals surface area contributed by atoms with Crippen LogP contribution in [0.4, 0.5) is 11.6 Å². The average Bonchev–Trinajstić information content (AvgIpc) is 3.26. The van der Waals surface area contributed by atoms with Gasteiger partial charge in [0.05, 0.1) is 0 Å². The van der Waals surface area contributed by atoms with Crippen LogP contribution in [0.2, 0.25) is 10.3 Å². The number of aliphatic hydroxyl groups excluding tert-OH is 1. The molecular weight excluding hydrogens is 513 g/mol. The van der Waals surface area contributed by atoms with Crippen molar-refractivity contribution in [2.24, 2.45) is 11.7 Å². The summed E-state index contributed by atoms with van der Waals surface area (Å²) in [7, 11) is 0. The second-order valence-corrected chi connectivity index (χ2v) is 11.4. The summed E-state index contributed by atoms with van der Waals surface area (Å²) in [5.41, 5.74) is 13.9. The van der Waals surface area contributed by atoms with Gasteiger partial charge in [-0.15, -0.1) is 0 Å². The summed E-state index contributed by atoms with van der Waals surface area (Å²) >= 11 is 12.8. The smallest absolute Gasteiger partial charge is 0.172 e. The molecule has 0 aromatic carbocycles. The van der Waals surface area contributed by atoms with E-state index < -0.39 is 6.23 Å². The minimum absolute atomic E-state index is 0.112. The van der Waals surface area contributed by atoms with Crippen LogP contribution in [0, 0.1) is 5.92 Å². The van der Waals surface area contributed by atoms with E-state index in [1.165, 1.54) is 5.56 Å². The van der Waals surface area contributed by atoms with Crippen molar-refractivity contribution >= 4 is 40.5 Å². The highest BCUT2D eigenvalue weighted by Gasteiger charge is 2.59. The molecule has 198 valence electrons. The second-order valence-electron chi connectivity index (χ2n) is 10.7. The molecular formula is C25H33Cl2N9O. The number of piperidine rings is 1. The number of hydrogen-bond acceptors (Lipinski definition) is 9. The summed E-state index contributed by atoms with van der Waals surface area (Å²) in [6.45, 7) is 7.91. The number of nitrogens with zero attached hydrogens (tertiary/aromatic N) is 7. The maximum atomic E-state index is 9.69. The predicted molar refractivity (Wildman–Crippen MR) is 145 cm³/mol. The third-order valence-corrected chi connectivity index (χ3v) is 9.07. The van der Waals surface area contributed by atoms with E-state index >= 15 is 0 Å². The van der Waals surface area contributed by atoms with Gasteiger partial charge in [0.2, 0.25) is 0 Å². The van der Waals surface area contributed by atoms with Crippen LogP contribution in [0.25, 0.3) is 5.65 Å². The van der Waals surface area contributed by atoms with E-state index in [2.05, 4.69) is 42.6 Å². The molecule has 10 nitrogen and oxygen atoms in total. The summed E-state index contributed by atoms with van der Waals surface area (Å²) in [5, 5.41) is 10.6. The number of imidazole rings is 1. The first-order valence-corrected chi connectivity index (χ1v) is 13.6. The highest BCUT2D eigenvalue weighted by Crippen LogP contribution is 2.52. The molecule has 3 aliphatic rings. The van der Waals surface area contributed by atoms with E-state index in [0.717, 1.165) is 64.2 Å². The first-order chi connectivity index (χ1) is 17.8. The number of halogens is 2. The summed E-state index contributed by atoms with van der Waals surface area (Å²) in [6, 6.07) is 4.60. The zero-order valence-corrected chi connectivity index (χ0v) is 22.4.